The summed E-state index contributed by atoms with van der Waals surface area (Å²) in [5.41, 5.74) is 8.11. The molecule has 45 heavy (non-hydrogen) atoms. The zero-order chi connectivity index (χ0) is 30.2. The Bertz CT molecular complexity index is 2260. The van der Waals surface area contributed by atoms with Crippen LogP contribution in [-0.2, 0) is 0 Å². The molecule has 0 aliphatic rings. The second-order valence-electron chi connectivity index (χ2n) is 11.6. The van der Waals surface area contributed by atoms with E-state index in [2.05, 4.69) is 193 Å². The van der Waals surface area contributed by atoms with Gasteiger partial charge in [-0.1, -0.05) is 109 Å². The van der Waals surface area contributed by atoms with E-state index >= 15 is 0 Å². The number of hydrogen-bond acceptors (Lipinski definition) is 2. The van der Waals surface area contributed by atoms with Gasteiger partial charge in [-0.2, -0.15) is 0 Å². The molecule has 8 aromatic carbocycles. The van der Waals surface area contributed by atoms with Gasteiger partial charge in [0.15, 0.2) is 0 Å². The van der Waals surface area contributed by atoms with Gasteiger partial charge in [0.05, 0.1) is 5.69 Å². The number of nitrogens with zero attached hydrogens (tertiary/aromatic N) is 2. The van der Waals surface area contributed by atoms with Crippen molar-refractivity contribution in [1.29, 1.82) is 0 Å². The Morgan fingerprint density at radius 3 is 1.58 bits per heavy atom. The fourth-order valence-corrected chi connectivity index (χ4v) is 6.37. The maximum Gasteiger partial charge on any atom is 0.0540 e. The second kappa shape index (κ2) is 11.3. The molecule has 0 radical (unpaired) electrons. The van der Waals surface area contributed by atoms with Crippen molar-refractivity contribution in [2.24, 2.45) is 0 Å². The number of fused-ring (bicyclic) bond motifs is 3. The summed E-state index contributed by atoms with van der Waals surface area (Å²) in [5, 5.41) is 7.48. The van der Waals surface area contributed by atoms with Crippen LogP contribution in [0.2, 0.25) is 0 Å². The molecule has 0 aliphatic heterocycles. The van der Waals surface area contributed by atoms with Crippen LogP contribution < -0.4 is 9.80 Å². The van der Waals surface area contributed by atoms with Crippen LogP contribution in [0.1, 0.15) is 0 Å². The van der Waals surface area contributed by atoms with Crippen molar-refractivity contribution in [1.82, 2.24) is 0 Å². The zero-order valence-electron chi connectivity index (χ0n) is 25.1. The van der Waals surface area contributed by atoms with E-state index < -0.39 is 0 Å². The molecule has 0 bridgehead atoms. The highest BCUT2D eigenvalue weighted by molar-refractivity contribution is 6.00. The highest BCUT2D eigenvalue weighted by atomic mass is 15.1. The lowest BCUT2D eigenvalue weighted by atomic mass is 10.0. The summed E-state index contributed by atoms with van der Waals surface area (Å²) in [7, 11) is 2.14. The first-order valence-corrected chi connectivity index (χ1v) is 15.4. The molecule has 0 amide bonds. The van der Waals surface area contributed by atoms with E-state index in [0.29, 0.717) is 0 Å². The van der Waals surface area contributed by atoms with Gasteiger partial charge in [-0.05, 0) is 105 Å². The van der Waals surface area contributed by atoms with Gasteiger partial charge < -0.3 is 9.80 Å². The Labute approximate surface area is 264 Å². The van der Waals surface area contributed by atoms with Crippen LogP contribution in [0.15, 0.2) is 176 Å². The van der Waals surface area contributed by atoms with Gasteiger partial charge in [0.1, 0.15) is 0 Å². The molecule has 0 saturated heterocycles. The Morgan fingerprint density at radius 1 is 0.333 bits per heavy atom. The monoisotopic (exact) mass is 576 g/mol. The summed E-state index contributed by atoms with van der Waals surface area (Å²) < 4.78 is 0. The van der Waals surface area contributed by atoms with Crippen LogP contribution in [0.4, 0.5) is 28.4 Å². The quantitative estimate of drug-likeness (QED) is 0.182. The first-order valence-electron chi connectivity index (χ1n) is 15.4. The minimum atomic E-state index is 1.11. The van der Waals surface area contributed by atoms with Crippen molar-refractivity contribution >= 4 is 60.8 Å². The Morgan fingerprint density at radius 2 is 0.844 bits per heavy atom. The molecular weight excluding hydrogens is 544 g/mol. The number of rotatable bonds is 6. The number of benzene rings is 8. The predicted octanol–water partition coefficient (Wildman–Crippen LogP) is 12.1. The van der Waals surface area contributed by atoms with Gasteiger partial charge in [0.2, 0.25) is 0 Å². The minimum Gasteiger partial charge on any atom is -0.345 e. The van der Waals surface area contributed by atoms with Crippen LogP contribution in [-0.4, -0.2) is 7.05 Å². The summed E-state index contributed by atoms with van der Waals surface area (Å²) in [4.78, 5) is 4.62. The molecule has 0 aliphatic carbocycles. The molecule has 0 N–H and O–H groups in total. The molecule has 0 atom stereocenters. The fourth-order valence-electron chi connectivity index (χ4n) is 6.37. The molecule has 8 aromatic rings. The van der Waals surface area contributed by atoms with Crippen molar-refractivity contribution in [3.63, 3.8) is 0 Å². The van der Waals surface area contributed by atoms with E-state index in [9.17, 15) is 0 Å². The third kappa shape index (κ3) is 5.07. The average Bonchev–Trinajstić information content (AvgIpc) is 3.11. The highest BCUT2D eigenvalue weighted by Gasteiger charge is 2.16. The largest absolute Gasteiger partial charge is 0.345 e. The highest BCUT2D eigenvalue weighted by Crippen LogP contribution is 2.40. The standard InChI is InChI=1S/C43H32N2/c1-44(41-23-20-36-28-34-13-5-6-14-35(34)29-37(36)30-41)38-24-26-40(27-25-38)45(43-17-9-15-33-12-7-8-16-42(33)43)39-21-18-32(19-22-39)31-10-3-2-4-11-31/h2-30H,1H3. The summed E-state index contributed by atoms with van der Waals surface area (Å²) in [6.45, 7) is 0. The van der Waals surface area contributed by atoms with Crippen molar-refractivity contribution in [3.05, 3.63) is 176 Å². The van der Waals surface area contributed by atoms with Crippen LogP contribution >= 0.6 is 0 Å². The van der Waals surface area contributed by atoms with Crippen LogP contribution in [0.3, 0.4) is 0 Å². The van der Waals surface area contributed by atoms with E-state index in [-0.39, 0.29) is 0 Å². The van der Waals surface area contributed by atoms with Gasteiger partial charge in [-0.15, -0.1) is 0 Å². The molecule has 2 nitrogen and oxygen atoms in total. The van der Waals surface area contributed by atoms with E-state index in [4.69, 9.17) is 0 Å². The fraction of sp³-hybridized carbons (Fsp3) is 0.0233. The lowest BCUT2D eigenvalue weighted by Gasteiger charge is -2.28. The lowest BCUT2D eigenvalue weighted by Crippen LogP contribution is -2.12. The van der Waals surface area contributed by atoms with Gasteiger partial charge in [-0.3, -0.25) is 0 Å². The summed E-state index contributed by atoms with van der Waals surface area (Å²) in [6, 6.07) is 63.3. The molecule has 8 rings (SSSR count). The Hall–Kier alpha value is -5.86. The predicted molar refractivity (Wildman–Crippen MR) is 194 cm³/mol. The van der Waals surface area contributed by atoms with Gasteiger partial charge >= 0.3 is 0 Å². The van der Waals surface area contributed by atoms with Gasteiger partial charge in [0, 0.05) is 35.2 Å². The van der Waals surface area contributed by atoms with E-state index in [1.54, 1.807) is 0 Å². The molecule has 0 fully saturated rings. The third-order valence-electron chi connectivity index (χ3n) is 8.81. The molecule has 0 saturated carbocycles. The molecule has 2 heteroatoms. The van der Waals surface area contributed by atoms with Gasteiger partial charge in [0.25, 0.3) is 0 Å². The minimum absolute atomic E-state index is 1.11. The van der Waals surface area contributed by atoms with E-state index in [1.165, 1.54) is 43.4 Å². The molecular formula is C43H32N2. The SMILES string of the molecule is CN(c1ccc(N(c2ccc(-c3ccccc3)cc2)c2cccc3ccccc23)cc1)c1ccc2cc3ccccc3cc2c1. The maximum atomic E-state index is 2.36. The molecule has 0 aromatic heterocycles. The molecule has 214 valence electrons. The molecule has 0 spiro atoms. The summed E-state index contributed by atoms with van der Waals surface area (Å²) >= 11 is 0. The Balaban J connectivity index is 1.17. The first-order chi connectivity index (χ1) is 22.2. The summed E-state index contributed by atoms with van der Waals surface area (Å²) in [6.07, 6.45) is 0. The Kier molecular flexibility index (Phi) is 6.73. The first kappa shape index (κ1) is 26.7. The third-order valence-corrected chi connectivity index (χ3v) is 8.81. The normalized spacial score (nSPS) is 11.2. The van der Waals surface area contributed by atoms with Crippen molar-refractivity contribution in [3.8, 4) is 11.1 Å². The van der Waals surface area contributed by atoms with Crippen molar-refractivity contribution in [2.45, 2.75) is 0 Å². The van der Waals surface area contributed by atoms with E-state index in [1.807, 2.05) is 0 Å². The smallest absolute Gasteiger partial charge is 0.0540 e. The summed E-state index contributed by atoms with van der Waals surface area (Å²) in [5.74, 6) is 0. The zero-order valence-corrected chi connectivity index (χ0v) is 25.1. The topological polar surface area (TPSA) is 6.48 Å². The van der Waals surface area contributed by atoms with Crippen molar-refractivity contribution < 1.29 is 0 Å². The van der Waals surface area contributed by atoms with Crippen LogP contribution in [0.5, 0.6) is 0 Å². The second-order valence-corrected chi connectivity index (χ2v) is 11.6. The molecule has 0 heterocycles. The van der Waals surface area contributed by atoms with Crippen LogP contribution in [0, 0.1) is 0 Å². The number of hydrogen-bond donors (Lipinski definition) is 0. The van der Waals surface area contributed by atoms with Gasteiger partial charge in [-0.25, -0.2) is 0 Å². The average molecular weight is 577 g/mol. The van der Waals surface area contributed by atoms with Crippen molar-refractivity contribution in [2.75, 3.05) is 16.8 Å². The lowest BCUT2D eigenvalue weighted by molar-refractivity contribution is 1.21. The van der Waals surface area contributed by atoms with E-state index in [0.717, 1.165) is 28.4 Å². The molecule has 0 unspecified atom stereocenters. The van der Waals surface area contributed by atoms with Crippen LogP contribution in [0.25, 0.3) is 43.4 Å². The maximum absolute atomic E-state index is 2.36. The number of anilines is 5.